The van der Waals surface area contributed by atoms with E-state index in [9.17, 15) is 9.90 Å². The topological polar surface area (TPSA) is 70.6 Å². The fourth-order valence-electron chi connectivity index (χ4n) is 2.43. The van der Waals surface area contributed by atoms with Gasteiger partial charge in [0.15, 0.2) is 0 Å². The summed E-state index contributed by atoms with van der Waals surface area (Å²) in [5, 5.41) is 16.1. The number of hydrogen-bond acceptors (Lipinski definition) is 4. The number of hydrogen-bond donors (Lipinski definition) is 3. The number of ether oxygens (including phenoxy) is 1. The van der Waals surface area contributed by atoms with Gasteiger partial charge < -0.3 is 20.5 Å². The van der Waals surface area contributed by atoms with Gasteiger partial charge in [0, 0.05) is 16.7 Å². The predicted octanol–water partition coefficient (Wildman–Crippen LogP) is 3.81. The van der Waals surface area contributed by atoms with Gasteiger partial charge in [-0.1, -0.05) is 28.1 Å². The van der Waals surface area contributed by atoms with E-state index in [0.29, 0.717) is 0 Å². The normalized spacial score (nSPS) is 11.9. The van der Waals surface area contributed by atoms with Crippen molar-refractivity contribution in [1.82, 2.24) is 5.32 Å². The van der Waals surface area contributed by atoms with Crippen molar-refractivity contribution < 1.29 is 14.6 Å². The van der Waals surface area contributed by atoms with E-state index in [2.05, 4.69) is 26.6 Å². The zero-order chi connectivity index (χ0) is 19.1. The highest BCUT2D eigenvalue weighted by Crippen LogP contribution is 2.20. The average molecular weight is 421 g/mol. The fraction of sp³-hybridized carbons (Fsp3) is 0.350. The molecule has 6 heteroatoms. The van der Waals surface area contributed by atoms with Crippen molar-refractivity contribution in [3.05, 3.63) is 58.1 Å². The van der Waals surface area contributed by atoms with Crippen molar-refractivity contribution in [3.63, 3.8) is 0 Å². The van der Waals surface area contributed by atoms with E-state index in [4.69, 9.17) is 4.74 Å². The lowest BCUT2D eigenvalue weighted by Crippen LogP contribution is -2.33. The molecular formula is C20H25BrN2O3. The summed E-state index contributed by atoms with van der Waals surface area (Å²) >= 11 is 3.41. The Labute approximate surface area is 162 Å². The van der Waals surface area contributed by atoms with Gasteiger partial charge in [-0.05, 0) is 62.2 Å². The summed E-state index contributed by atoms with van der Waals surface area (Å²) in [6.07, 6.45) is -0.659. The standard InChI is InChI=1S/C20H25BrN2O3/c1-13(2)26-17-7-4-15(5-8-17)19(24)11-23-20(25)12-22-18-9-6-16(21)10-14(18)3/h4-10,13,19,22,24H,11-12H2,1-3H3,(H,23,25)/t19-/m0/s1. The number of halogens is 1. The summed E-state index contributed by atoms with van der Waals surface area (Å²) in [4.78, 5) is 12.0. The minimum atomic E-state index is -0.763. The minimum absolute atomic E-state index is 0.104. The van der Waals surface area contributed by atoms with Crippen LogP contribution in [0.2, 0.25) is 0 Å². The van der Waals surface area contributed by atoms with Crippen LogP contribution in [0.1, 0.15) is 31.1 Å². The number of aliphatic hydroxyl groups excluding tert-OH is 1. The van der Waals surface area contributed by atoms with Crippen LogP contribution in [0.3, 0.4) is 0 Å². The molecule has 5 nitrogen and oxygen atoms in total. The SMILES string of the molecule is Cc1cc(Br)ccc1NCC(=O)NC[C@H](O)c1ccc(OC(C)C)cc1. The van der Waals surface area contributed by atoms with Crippen LogP contribution < -0.4 is 15.4 Å². The predicted molar refractivity (Wildman–Crippen MR) is 108 cm³/mol. The summed E-state index contributed by atoms with van der Waals surface area (Å²) in [5.74, 6) is 0.584. The van der Waals surface area contributed by atoms with Gasteiger partial charge in [0.1, 0.15) is 5.75 Å². The van der Waals surface area contributed by atoms with Gasteiger partial charge in [-0.3, -0.25) is 4.79 Å². The van der Waals surface area contributed by atoms with Crippen LogP contribution in [0.5, 0.6) is 5.75 Å². The molecular weight excluding hydrogens is 396 g/mol. The van der Waals surface area contributed by atoms with Crippen molar-refractivity contribution in [1.29, 1.82) is 0 Å². The van der Waals surface area contributed by atoms with Crippen molar-refractivity contribution in [2.24, 2.45) is 0 Å². The van der Waals surface area contributed by atoms with Gasteiger partial charge in [0.05, 0.1) is 18.8 Å². The maximum atomic E-state index is 12.0. The first-order valence-electron chi connectivity index (χ1n) is 8.56. The van der Waals surface area contributed by atoms with Crippen LogP contribution in [0.4, 0.5) is 5.69 Å². The summed E-state index contributed by atoms with van der Waals surface area (Å²) in [6.45, 7) is 6.20. The van der Waals surface area contributed by atoms with E-state index < -0.39 is 6.10 Å². The number of anilines is 1. The minimum Gasteiger partial charge on any atom is -0.491 e. The van der Waals surface area contributed by atoms with Crippen molar-refractivity contribution >= 4 is 27.5 Å². The monoisotopic (exact) mass is 420 g/mol. The molecule has 0 bridgehead atoms. The highest BCUT2D eigenvalue weighted by atomic mass is 79.9. The number of benzene rings is 2. The van der Waals surface area contributed by atoms with Crippen LogP contribution in [-0.2, 0) is 4.79 Å². The Morgan fingerprint density at radius 2 is 1.88 bits per heavy atom. The van der Waals surface area contributed by atoms with Crippen molar-refractivity contribution in [2.75, 3.05) is 18.4 Å². The van der Waals surface area contributed by atoms with E-state index in [1.54, 1.807) is 12.1 Å². The number of carbonyl (C=O) groups is 1. The highest BCUT2D eigenvalue weighted by Gasteiger charge is 2.10. The number of amides is 1. The Hall–Kier alpha value is -2.05. The number of nitrogens with one attached hydrogen (secondary N) is 2. The van der Waals surface area contributed by atoms with Gasteiger partial charge in [-0.2, -0.15) is 0 Å². The first-order valence-corrected chi connectivity index (χ1v) is 9.36. The molecule has 0 saturated carbocycles. The molecule has 0 aliphatic heterocycles. The molecule has 3 N–H and O–H groups in total. The third-order valence-electron chi connectivity index (χ3n) is 3.76. The molecule has 0 fully saturated rings. The number of rotatable bonds is 8. The van der Waals surface area contributed by atoms with Gasteiger partial charge in [0.2, 0.25) is 5.91 Å². The molecule has 0 heterocycles. The van der Waals surface area contributed by atoms with E-state index in [1.807, 2.05) is 51.1 Å². The van der Waals surface area contributed by atoms with Crippen LogP contribution in [0.25, 0.3) is 0 Å². The fourth-order valence-corrected chi connectivity index (χ4v) is 2.91. The second-order valence-electron chi connectivity index (χ2n) is 6.37. The second kappa shape index (κ2) is 9.59. The molecule has 0 saturated heterocycles. The Kier molecular flexibility index (Phi) is 7.48. The van der Waals surface area contributed by atoms with E-state index in [0.717, 1.165) is 27.0 Å². The third kappa shape index (κ3) is 6.35. The molecule has 2 rings (SSSR count). The highest BCUT2D eigenvalue weighted by molar-refractivity contribution is 9.10. The van der Waals surface area contributed by atoms with Gasteiger partial charge >= 0.3 is 0 Å². The molecule has 0 aromatic heterocycles. The quantitative estimate of drug-likeness (QED) is 0.607. The van der Waals surface area contributed by atoms with Gasteiger partial charge in [-0.25, -0.2) is 0 Å². The lowest BCUT2D eigenvalue weighted by atomic mass is 10.1. The van der Waals surface area contributed by atoms with E-state index >= 15 is 0 Å². The lowest BCUT2D eigenvalue weighted by molar-refractivity contribution is -0.119. The summed E-state index contributed by atoms with van der Waals surface area (Å²) in [5.41, 5.74) is 2.69. The third-order valence-corrected chi connectivity index (χ3v) is 4.25. The summed E-state index contributed by atoms with van der Waals surface area (Å²) in [6, 6.07) is 13.1. The maximum Gasteiger partial charge on any atom is 0.239 e. The molecule has 0 spiro atoms. The molecule has 2 aromatic rings. The molecule has 1 atom stereocenters. The second-order valence-corrected chi connectivity index (χ2v) is 7.28. The number of aryl methyl sites for hydroxylation is 1. The smallest absolute Gasteiger partial charge is 0.239 e. The molecule has 0 aliphatic carbocycles. The van der Waals surface area contributed by atoms with Crippen LogP contribution in [-0.4, -0.2) is 30.2 Å². The van der Waals surface area contributed by atoms with Gasteiger partial charge in [0.25, 0.3) is 0 Å². The lowest BCUT2D eigenvalue weighted by Gasteiger charge is -2.15. The zero-order valence-corrected chi connectivity index (χ0v) is 16.8. The molecule has 2 aromatic carbocycles. The zero-order valence-electron chi connectivity index (χ0n) is 15.3. The Bertz CT molecular complexity index is 732. The summed E-state index contributed by atoms with van der Waals surface area (Å²) in [7, 11) is 0. The van der Waals surface area contributed by atoms with E-state index in [1.165, 1.54) is 0 Å². The molecule has 1 amide bonds. The maximum absolute atomic E-state index is 12.0. The summed E-state index contributed by atoms with van der Waals surface area (Å²) < 4.78 is 6.57. The first kappa shape index (κ1) is 20.3. The molecule has 140 valence electrons. The van der Waals surface area contributed by atoms with Crippen molar-refractivity contribution in [3.8, 4) is 5.75 Å². The van der Waals surface area contributed by atoms with Gasteiger partial charge in [-0.15, -0.1) is 0 Å². The first-order chi connectivity index (χ1) is 12.3. The number of aliphatic hydroxyl groups is 1. The van der Waals surface area contributed by atoms with Crippen LogP contribution in [0.15, 0.2) is 46.9 Å². The van der Waals surface area contributed by atoms with Crippen molar-refractivity contribution in [2.45, 2.75) is 33.0 Å². The molecule has 0 radical (unpaired) electrons. The van der Waals surface area contributed by atoms with Crippen LogP contribution >= 0.6 is 15.9 Å². The average Bonchev–Trinajstić information content (AvgIpc) is 2.59. The van der Waals surface area contributed by atoms with Crippen LogP contribution in [0, 0.1) is 6.92 Å². The molecule has 26 heavy (non-hydrogen) atoms. The Morgan fingerprint density at radius 1 is 1.19 bits per heavy atom. The Morgan fingerprint density at radius 3 is 2.50 bits per heavy atom. The molecule has 0 unspecified atom stereocenters. The van der Waals surface area contributed by atoms with E-state index in [-0.39, 0.29) is 25.1 Å². The largest absolute Gasteiger partial charge is 0.491 e. The Balaban J connectivity index is 1.79. The molecule has 0 aliphatic rings. The number of carbonyl (C=O) groups excluding carboxylic acids is 1.